The van der Waals surface area contributed by atoms with Crippen molar-refractivity contribution in [2.75, 3.05) is 13.1 Å². The standard InChI is InChI=1S/C17H31NO2/c1-12(2)14(11-15(19)17(4,5)6)13(3)16(20)18-9-7-8-10-18/h12-14H,7-11H2,1-6H3. The maximum Gasteiger partial charge on any atom is 0.225 e. The van der Waals surface area contributed by atoms with E-state index in [1.54, 1.807) is 0 Å². The van der Waals surface area contributed by atoms with E-state index < -0.39 is 0 Å². The molecule has 1 saturated heterocycles. The summed E-state index contributed by atoms with van der Waals surface area (Å²) in [7, 11) is 0. The van der Waals surface area contributed by atoms with Crippen molar-refractivity contribution in [2.45, 2.75) is 60.8 Å². The highest BCUT2D eigenvalue weighted by atomic mass is 16.2. The molecule has 3 heteroatoms. The molecule has 3 nitrogen and oxygen atoms in total. The number of rotatable bonds is 5. The van der Waals surface area contributed by atoms with E-state index in [9.17, 15) is 9.59 Å². The Labute approximate surface area is 124 Å². The molecule has 20 heavy (non-hydrogen) atoms. The van der Waals surface area contributed by atoms with Crippen molar-refractivity contribution in [3.8, 4) is 0 Å². The van der Waals surface area contributed by atoms with Gasteiger partial charge in [0.25, 0.3) is 0 Å². The summed E-state index contributed by atoms with van der Waals surface area (Å²) in [6.07, 6.45) is 2.75. The van der Waals surface area contributed by atoms with Crippen LogP contribution in [0.25, 0.3) is 0 Å². The highest BCUT2D eigenvalue weighted by molar-refractivity contribution is 5.85. The molecule has 1 heterocycles. The maximum absolute atomic E-state index is 12.5. The van der Waals surface area contributed by atoms with Crippen LogP contribution < -0.4 is 0 Å². The second-order valence-electron chi connectivity index (χ2n) is 7.61. The van der Waals surface area contributed by atoms with Crippen LogP contribution in [-0.2, 0) is 9.59 Å². The quantitative estimate of drug-likeness (QED) is 0.773. The third-order valence-corrected chi connectivity index (χ3v) is 4.56. The van der Waals surface area contributed by atoms with E-state index in [1.807, 2.05) is 32.6 Å². The molecule has 0 N–H and O–H groups in total. The van der Waals surface area contributed by atoms with Crippen LogP contribution in [0.15, 0.2) is 0 Å². The number of hydrogen-bond acceptors (Lipinski definition) is 2. The first-order chi connectivity index (χ1) is 9.14. The lowest BCUT2D eigenvalue weighted by atomic mass is 9.76. The first-order valence-electron chi connectivity index (χ1n) is 7.96. The molecule has 1 aliphatic heterocycles. The van der Waals surface area contributed by atoms with Gasteiger partial charge in [-0.2, -0.15) is 0 Å². The second kappa shape index (κ2) is 6.73. The molecule has 0 spiro atoms. The fraction of sp³-hybridized carbons (Fsp3) is 0.882. The summed E-state index contributed by atoms with van der Waals surface area (Å²) in [5, 5.41) is 0. The summed E-state index contributed by atoms with van der Waals surface area (Å²) in [6.45, 7) is 13.9. The fourth-order valence-corrected chi connectivity index (χ4v) is 2.92. The van der Waals surface area contributed by atoms with Crippen LogP contribution in [0.1, 0.15) is 60.8 Å². The Morgan fingerprint density at radius 2 is 1.55 bits per heavy atom. The number of likely N-dealkylation sites (tertiary alicyclic amines) is 1. The average Bonchev–Trinajstić information content (AvgIpc) is 2.85. The third kappa shape index (κ3) is 4.32. The van der Waals surface area contributed by atoms with Gasteiger partial charge in [-0.05, 0) is 24.7 Å². The zero-order chi connectivity index (χ0) is 15.5. The molecular weight excluding hydrogens is 250 g/mol. The lowest BCUT2D eigenvalue weighted by Gasteiger charge is -2.31. The van der Waals surface area contributed by atoms with E-state index in [0.29, 0.717) is 12.3 Å². The Balaban J connectivity index is 2.74. The Bertz CT molecular complexity index is 348. The Morgan fingerprint density at radius 1 is 1.05 bits per heavy atom. The molecule has 1 rings (SSSR count). The van der Waals surface area contributed by atoms with Gasteiger partial charge in [0.15, 0.2) is 0 Å². The van der Waals surface area contributed by atoms with Crippen molar-refractivity contribution in [3.63, 3.8) is 0 Å². The van der Waals surface area contributed by atoms with E-state index in [1.165, 1.54) is 0 Å². The van der Waals surface area contributed by atoms with Crippen LogP contribution in [0.3, 0.4) is 0 Å². The minimum Gasteiger partial charge on any atom is -0.342 e. The minimum atomic E-state index is -0.316. The summed E-state index contributed by atoms with van der Waals surface area (Å²) >= 11 is 0. The van der Waals surface area contributed by atoms with Crippen molar-refractivity contribution in [1.29, 1.82) is 0 Å². The summed E-state index contributed by atoms with van der Waals surface area (Å²) in [5.74, 6) is 0.942. The van der Waals surface area contributed by atoms with Gasteiger partial charge in [0.05, 0.1) is 0 Å². The number of ketones is 1. The van der Waals surface area contributed by atoms with Gasteiger partial charge in [0.2, 0.25) is 5.91 Å². The van der Waals surface area contributed by atoms with Crippen molar-refractivity contribution >= 4 is 11.7 Å². The van der Waals surface area contributed by atoms with Crippen molar-refractivity contribution in [2.24, 2.45) is 23.2 Å². The van der Waals surface area contributed by atoms with E-state index in [4.69, 9.17) is 0 Å². The first kappa shape index (κ1) is 17.2. The summed E-state index contributed by atoms with van der Waals surface area (Å²) in [4.78, 5) is 26.8. The molecule has 2 atom stereocenters. The summed E-state index contributed by atoms with van der Waals surface area (Å²) in [5.41, 5.74) is -0.316. The first-order valence-corrected chi connectivity index (χ1v) is 7.96. The minimum absolute atomic E-state index is 0.0561. The number of nitrogens with zero attached hydrogens (tertiary/aromatic N) is 1. The SMILES string of the molecule is CC(C)C(CC(=O)C(C)(C)C)C(C)C(=O)N1CCCC1. The van der Waals surface area contributed by atoms with Crippen molar-refractivity contribution in [3.05, 3.63) is 0 Å². The van der Waals surface area contributed by atoms with Gasteiger partial charge in [-0.15, -0.1) is 0 Å². The normalized spacial score (nSPS) is 19.2. The van der Waals surface area contributed by atoms with Gasteiger partial charge < -0.3 is 4.90 Å². The molecule has 0 aromatic rings. The molecule has 2 unspecified atom stereocenters. The maximum atomic E-state index is 12.5. The number of Topliss-reactive ketones (excluding diaryl/α,β-unsaturated/α-hetero) is 1. The molecule has 0 aliphatic carbocycles. The molecular formula is C17H31NO2. The predicted molar refractivity (Wildman–Crippen MR) is 82.4 cm³/mol. The van der Waals surface area contributed by atoms with Crippen LogP contribution in [0.5, 0.6) is 0 Å². The lowest BCUT2D eigenvalue weighted by molar-refractivity contribution is -0.137. The monoisotopic (exact) mass is 281 g/mol. The highest BCUT2D eigenvalue weighted by Crippen LogP contribution is 2.31. The molecule has 0 saturated carbocycles. The fourth-order valence-electron chi connectivity index (χ4n) is 2.92. The van der Waals surface area contributed by atoms with Gasteiger partial charge in [-0.3, -0.25) is 9.59 Å². The van der Waals surface area contributed by atoms with E-state index in [0.717, 1.165) is 25.9 Å². The molecule has 116 valence electrons. The van der Waals surface area contributed by atoms with E-state index in [2.05, 4.69) is 13.8 Å². The number of carbonyl (C=O) groups excluding carboxylic acids is 2. The second-order valence-corrected chi connectivity index (χ2v) is 7.61. The molecule has 1 aliphatic rings. The summed E-state index contributed by atoms with van der Waals surface area (Å²) < 4.78 is 0. The van der Waals surface area contributed by atoms with Crippen molar-refractivity contribution < 1.29 is 9.59 Å². The Kier molecular flexibility index (Phi) is 5.79. The highest BCUT2D eigenvalue weighted by Gasteiger charge is 2.34. The lowest BCUT2D eigenvalue weighted by Crippen LogP contribution is -2.39. The van der Waals surface area contributed by atoms with Crippen LogP contribution in [-0.4, -0.2) is 29.7 Å². The predicted octanol–water partition coefficient (Wildman–Crippen LogP) is 3.52. The molecule has 1 fully saturated rings. The zero-order valence-corrected chi connectivity index (χ0v) is 14.0. The molecule has 0 bridgehead atoms. The topological polar surface area (TPSA) is 37.4 Å². The van der Waals surface area contributed by atoms with Gasteiger partial charge >= 0.3 is 0 Å². The largest absolute Gasteiger partial charge is 0.342 e. The Hall–Kier alpha value is -0.860. The molecule has 1 amide bonds. The molecule has 0 radical (unpaired) electrons. The van der Waals surface area contributed by atoms with Crippen molar-refractivity contribution in [1.82, 2.24) is 4.90 Å². The van der Waals surface area contributed by atoms with Gasteiger partial charge in [0.1, 0.15) is 5.78 Å². The van der Waals surface area contributed by atoms with Crippen LogP contribution in [0, 0.1) is 23.2 Å². The third-order valence-electron chi connectivity index (χ3n) is 4.56. The number of carbonyl (C=O) groups is 2. The van der Waals surface area contributed by atoms with Crippen LogP contribution in [0.4, 0.5) is 0 Å². The van der Waals surface area contributed by atoms with Gasteiger partial charge in [-0.25, -0.2) is 0 Å². The van der Waals surface area contributed by atoms with Gasteiger partial charge in [0, 0.05) is 30.8 Å². The number of amides is 1. The molecule has 0 aromatic heterocycles. The van der Waals surface area contributed by atoms with E-state index in [-0.39, 0.29) is 28.9 Å². The molecule has 0 aromatic carbocycles. The Morgan fingerprint density at radius 3 is 1.95 bits per heavy atom. The number of hydrogen-bond donors (Lipinski definition) is 0. The summed E-state index contributed by atoms with van der Waals surface area (Å²) in [6, 6.07) is 0. The van der Waals surface area contributed by atoms with Crippen LogP contribution in [0.2, 0.25) is 0 Å². The van der Waals surface area contributed by atoms with Crippen LogP contribution >= 0.6 is 0 Å². The zero-order valence-electron chi connectivity index (χ0n) is 14.0. The average molecular weight is 281 g/mol. The van der Waals surface area contributed by atoms with Gasteiger partial charge in [-0.1, -0.05) is 41.5 Å². The smallest absolute Gasteiger partial charge is 0.225 e. The van der Waals surface area contributed by atoms with E-state index >= 15 is 0 Å².